The second-order valence-electron chi connectivity index (χ2n) is 8.63. The topological polar surface area (TPSA) is 21.7 Å². The molecular weight excluding hydrogens is 274 g/mol. The predicted octanol–water partition coefficient (Wildman–Crippen LogP) is 4.45. The van der Waals surface area contributed by atoms with Crippen molar-refractivity contribution in [1.29, 1.82) is 0 Å². The van der Waals surface area contributed by atoms with Crippen LogP contribution in [0.4, 0.5) is 0 Å². The zero-order valence-electron chi connectivity index (χ0n) is 15.7. The van der Waals surface area contributed by atoms with E-state index in [1.165, 1.54) is 19.3 Å². The third-order valence-electron chi connectivity index (χ3n) is 6.03. The lowest BCUT2D eigenvalue weighted by Crippen LogP contribution is -2.39. The maximum Gasteiger partial charge on any atom is 0.168 e. The van der Waals surface area contributed by atoms with Gasteiger partial charge in [0.05, 0.1) is 12.7 Å². The molecule has 130 valence electrons. The highest BCUT2D eigenvalue weighted by molar-refractivity contribution is 4.88. The Bertz CT molecular complexity index is 342. The van der Waals surface area contributed by atoms with Gasteiger partial charge in [-0.2, -0.15) is 0 Å². The fraction of sp³-hybridized carbons (Fsp3) is 1.00. The molecule has 0 N–H and O–H groups in total. The smallest absolute Gasteiger partial charge is 0.168 e. The molecule has 0 aromatic rings. The molecule has 1 heterocycles. The van der Waals surface area contributed by atoms with Gasteiger partial charge in [0, 0.05) is 25.4 Å². The van der Waals surface area contributed by atoms with E-state index in [2.05, 4.69) is 46.6 Å². The molecule has 0 aromatic carbocycles. The van der Waals surface area contributed by atoms with Crippen LogP contribution < -0.4 is 0 Å². The highest BCUT2D eigenvalue weighted by atomic mass is 16.7. The first-order valence-electron chi connectivity index (χ1n) is 9.28. The normalized spacial score (nSPS) is 34.5. The summed E-state index contributed by atoms with van der Waals surface area (Å²) in [4.78, 5) is 2.44. The van der Waals surface area contributed by atoms with Gasteiger partial charge in [0.1, 0.15) is 0 Å². The fourth-order valence-corrected chi connectivity index (χ4v) is 3.82. The van der Waals surface area contributed by atoms with Gasteiger partial charge in [0.25, 0.3) is 0 Å². The Morgan fingerprint density at radius 2 is 1.86 bits per heavy atom. The molecule has 2 fully saturated rings. The van der Waals surface area contributed by atoms with Gasteiger partial charge in [-0.05, 0) is 51.0 Å². The van der Waals surface area contributed by atoms with Crippen molar-refractivity contribution < 1.29 is 9.47 Å². The largest absolute Gasteiger partial charge is 0.347 e. The molecule has 0 amide bonds. The molecule has 1 aliphatic heterocycles. The molecule has 0 bridgehead atoms. The number of hydrogen-bond donors (Lipinski definition) is 0. The first kappa shape index (κ1) is 18.2. The molecule has 3 heteroatoms. The van der Waals surface area contributed by atoms with Gasteiger partial charge < -0.3 is 14.4 Å². The van der Waals surface area contributed by atoms with E-state index < -0.39 is 0 Å². The van der Waals surface area contributed by atoms with Crippen LogP contribution in [0.2, 0.25) is 0 Å². The van der Waals surface area contributed by atoms with Crippen molar-refractivity contribution in [2.24, 2.45) is 11.3 Å². The number of nitrogens with zero attached hydrogens (tertiary/aromatic N) is 1. The summed E-state index contributed by atoms with van der Waals surface area (Å²) in [6.45, 7) is 13.5. The van der Waals surface area contributed by atoms with Crippen LogP contribution >= 0.6 is 0 Å². The maximum atomic E-state index is 6.37. The third-order valence-corrected chi connectivity index (χ3v) is 6.03. The van der Waals surface area contributed by atoms with Crippen LogP contribution in [-0.4, -0.2) is 43.0 Å². The molecule has 22 heavy (non-hydrogen) atoms. The predicted molar refractivity (Wildman–Crippen MR) is 92.0 cm³/mol. The van der Waals surface area contributed by atoms with Crippen LogP contribution in [0.3, 0.4) is 0 Å². The molecule has 3 nitrogen and oxygen atoms in total. The Morgan fingerprint density at radius 3 is 2.41 bits per heavy atom. The zero-order valence-corrected chi connectivity index (χ0v) is 15.7. The van der Waals surface area contributed by atoms with Gasteiger partial charge in [0.15, 0.2) is 5.79 Å². The molecule has 2 aliphatic rings. The Labute approximate surface area is 137 Å². The van der Waals surface area contributed by atoms with Crippen molar-refractivity contribution >= 4 is 0 Å². The molecular formula is C19H37NO2. The molecule has 0 radical (unpaired) electrons. The number of rotatable bonds is 5. The summed E-state index contributed by atoms with van der Waals surface area (Å²) in [7, 11) is 2.22. The second-order valence-corrected chi connectivity index (χ2v) is 8.63. The maximum absolute atomic E-state index is 6.37. The Kier molecular flexibility index (Phi) is 5.95. The summed E-state index contributed by atoms with van der Waals surface area (Å²) in [5.74, 6) is 0.558. The van der Waals surface area contributed by atoms with E-state index in [1.54, 1.807) is 0 Å². The van der Waals surface area contributed by atoms with Gasteiger partial charge >= 0.3 is 0 Å². The summed E-state index contributed by atoms with van der Waals surface area (Å²) in [5.41, 5.74) is 0.415. The quantitative estimate of drug-likeness (QED) is 0.748. The molecule has 2 rings (SSSR count). The van der Waals surface area contributed by atoms with E-state index in [9.17, 15) is 0 Å². The molecule has 1 saturated carbocycles. The molecule has 1 saturated heterocycles. The summed E-state index contributed by atoms with van der Waals surface area (Å²) < 4.78 is 12.5. The zero-order chi connectivity index (χ0) is 16.4. The van der Waals surface area contributed by atoms with Crippen molar-refractivity contribution in [3.8, 4) is 0 Å². The molecule has 1 spiro atoms. The molecule has 2 unspecified atom stereocenters. The minimum absolute atomic E-state index is 0.249. The van der Waals surface area contributed by atoms with E-state index in [0.717, 1.165) is 38.3 Å². The highest BCUT2D eigenvalue weighted by Crippen LogP contribution is 2.45. The number of ether oxygens (including phenoxy) is 2. The monoisotopic (exact) mass is 311 g/mol. The fourth-order valence-electron chi connectivity index (χ4n) is 3.82. The van der Waals surface area contributed by atoms with Crippen LogP contribution in [0.25, 0.3) is 0 Å². The summed E-state index contributed by atoms with van der Waals surface area (Å²) in [6, 6.07) is 0.651. The van der Waals surface area contributed by atoms with Crippen molar-refractivity contribution in [3.63, 3.8) is 0 Å². The molecule has 0 aromatic heterocycles. The first-order valence-corrected chi connectivity index (χ1v) is 9.28. The van der Waals surface area contributed by atoms with Crippen molar-refractivity contribution in [1.82, 2.24) is 4.90 Å². The third kappa shape index (κ3) is 4.46. The minimum atomic E-state index is -0.249. The average molecular weight is 312 g/mol. The Morgan fingerprint density at radius 1 is 1.23 bits per heavy atom. The van der Waals surface area contributed by atoms with Gasteiger partial charge in [0.2, 0.25) is 0 Å². The second kappa shape index (κ2) is 7.19. The van der Waals surface area contributed by atoms with Crippen molar-refractivity contribution in [3.05, 3.63) is 0 Å². The SMILES string of the molecule is CCC(C)N(C)CCC1COC2(CCC(C(C)(C)C)CC2)O1. The Hall–Kier alpha value is -0.120. The van der Waals surface area contributed by atoms with Crippen molar-refractivity contribution in [2.75, 3.05) is 20.2 Å². The van der Waals surface area contributed by atoms with Crippen LogP contribution in [0.5, 0.6) is 0 Å². The summed E-state index contributed by atoms with van der Waals surface area (Å²) in [5, 5.41) is 0. The van der Waals surface area contributed by atoms with Crippen LogP contribution in [0.15, 0.2) is 0 Å². The summed E-state index contributed by atoms with van der Waals surface area (Å²) in [6.07, 6.45) is 7.21. The van der Waals surface area contributed by atoms with Crippen LogP contribution in [0.1, 0.15) is 73.1 Å². The minimum Gasteiger partial charge on any atom is -0.347 e. The standard InChI is InChI=1S/C19H37NO2/c1-7-15(2)20(6)13-10-17-14-21-19(22-17)11-8-16(9-12-19)18(3,4)5/h15-17H,7-14H2,1-6H3. The first-order chi connectivity index (χ1) is 10.3. The molecule has 1 aliphatic carbocycles. The van der Waals surface area contributed by atoms with E-state index in [4.69, 9.17) is 9.47 Å². The van der Waals surface area contributed by atoms with E-state index in [-0.39, 0.29) is 11.9 Å². The van der Waals surface area contributed by atoms with E-state index in [0.29, 0.717) is 11.5 Å². The Balaban J connectivity index is 1.76. The van der Waals surface area contributed by atoms with E-state index >= 15 is 0 Å². The van der Waals surface area contributed by atoms with Gasteiger partial charge in [-0.25, -0.2) is 0 Å². The summed E-state index contributed by atoms with van der Waals surface area (Å²) >= 11 is 0. The highest BCUT2D eigenvalue weighted by Gasteiger charge is 2.45. The van der Waals surface area contributed by atoms with E-state index in [1.807, 2.05) is 0 Å². The van der Waals surface area contributed by atoms with Gasteiger partial charge in [-0.1, -0.05) is 27.7 Å². The molecule has 2 atom stereocenters. The lowest BCUT2D eigenvalue weighted by molar-refractivity contribution is -0.197. The number of hydrogen-bond acceptors (Lipinski definition) is 3. The lowest BCUT2D eigenvalue weighted by atomic mass is 9.71. The van der Waals surface area contributed by atoms with Crippen molar-refractivity contribution in [2.45, 2.75) is 91.1 Å². The average Bonchev–Trinajstić information content (AvgIpc) is 2.86. The van der Waals surface area contributed by atoms with Gasteiger partial charge in [-0.3, -0.25) is 0 Å². The van der Waals surface area contributed by atoms with Crippen LogP contribution in [0, 0.1) is 11.3 Å². The van der Waals surface area contributed by atoms with Crippen LogP contribution in [-0.2, 0) is 9.47 Å². The lowest BCUT2D eigenvalue weighted by Gasteiger charge is -2.41. The van der Waals surface area contributed by atoms with Gasteiger partial charge in [-0.15, -0.1) is 0 Å².